The number of aromatic hydroxyl groups is 1. The van der Waals surface area contributed by atoms with Gasteiger partial charge in [-0.05, 0) is 59.6 Å². The summed E-state index contributed by atoms with van der Waals surface area (Å²) in [6.07, 6.45) is 0.475. The summed E-state index contributed by atoms with van der Waals surface area (Å²) in [5.41, 5.74) is 1.36. The Balaban J connectivity index is 2.24. The molecular formula is C21H32N2O5. The Labute approximate surface area is 167 Å². The number of carbonyl (C=O) groups is 2. The Morgan fingerprint density at radius 2 is 1.96 bits per heavy atom. The lowest BCUT2D eigenvalue weighted by molar-refractivity contribution is 0.0292. The summed E-state index contributed by atoms with van der Waals surface area (Å²) in [4.78, 5) is 28.5. The number of nitrogens with zero attached hydrogens (tertiary/aromatic N) is 2. The highest BCUT2D eigenvalue weighted by atomic mass is 16.6. The molecule has 7 heteroatoms. The molecule has 1 aromatic rings. The average Bonchev–Trinajstić information content (AvgIpc) is 3.07. The molecule has 0 spiro atoms. The molecule has 7 nitrogen and oxygen atoms in total. The number of hydrogen-bond donors (Lipinski definition) is 1. The first kappa shape index (κ1) is 21.9. The van der Waals surface area contributed by atoms with Crippen molar-refractivity contribution < 1.29 is 24.2 Å². The second-order valence-electron chi connectivity index (χ2n) is 8.01. The fourth-order valence-corrected chi connectivity index (χ4v) is 3.52. The lowest BCUT2D eigenvalue weighted by Gasteiger charge is -2.32. The predicted molar refractivity (Wildman–Crippen MR) is 108 cm³/mol. The molecule has 0 aromatic heterocycles. The number of esters is 1. The van der Waals surface area contributed by atoms with Crippen LogP contribution in [-0.4, -0.2) is 60.0 Å². The Bertz CT molecular complexity index is 726. The van der Waals surface area contributed by atoms with E-state index in [9.17, 15) is 14.7 Å². The topological polar surface area (TPSA) is 79.3 Å². The van der Waals surface area contributed by atoms with E-state index in [1.165, 1.54) is 6.07 Å². The van der Waals surface area contributed by atoms with Crippen molar-refractivity contribution in [2.45, 2.75) is 59.6 Å². The number of likely N-dealkylation sites (tertiary alicyclic amines) is 1. The van der Waals surface area contributed by atoms with Crippen LogP contribution in [0.3, 0.4) is 0 Å². The first-order valence-corrected chi connectivity index (χ1v) is 9.82. The van der Waals surface area contributed by atoms with Crippen molar-refractivity contribution in [3.05, 3.63) is 23.3 Å². The largest absolute Gasteiger partial charge is 0.508 e. The van der Waals surface area contributed by atoms with E-state index in [0.29, 0.717) is 25.2 Å². The van der Waals surface area contributed by atoms with Gasteiger partial charge in [-0.1, -0.05) is 0 Å². The van der Waals surface area contributed by atoms with Gasteiger partial charge in [-0.3, -0.25) is 0 Å². The van der Waals surface area contributed by atoms with Gasteiger partial charge < -0.3 is 24.4 Å². The van der Waals surface area contributed by atoms with Gasteiger partial charge in [0.05, 0.1) is 12.2 Å². The van der Waals surface area contributed by atoms with Crippen molar-refractivity contribution in [1.82, 2.24) is 4.90 Å². The molecular weight excluding hydrogens is 360 g/mol. The molecule has 1 aromatic carbocycles. The van der Waals surface area contributed by atoms with Crippen LogP contribution >= 0.6 is 0 Å². The Morgan fingerprint density at radius 1 is 1.29 bits per heavy atom. The number of phenols is 1. The van der Waals surface area contributed by atoms with Gasteiger partial charge in [0, 0.05) is 37.4 Å². The fourth-order valence-electron chi connectivity index (χ4n) is 3.52. The standard InChI is InChI=1S/C21H32N2O5/c1-7-23(15-9-10-22(13-15)20(26)28-21(4,5)6)18-12-16(24)11-17(14(18)3)19(25)27-8-2/h11-12,15,24H,7-10,13H2,1-6H3. The van der Waals surface area contributed by atoms with Crippen molar-refractivity contribution in [3.63, 3.8) is 0 Å². The van der Waals surface area contributed by atoms with Crippen LogP contribution in [0, 0.1) is 6.92 Å². The Morgan fingerprint density at radius 3 is 2.54 bits per heavy atom. The van der Waals surface area contributed by atoms with E-state index in [1.807, 2.05) is 34.6 Å². The summed E-state index contributed by atoms with van der Waals surface area (Å²) in [7, 11) is 0. The number of rotatable bonds is 5. The minimum Gasteiger partial charge on any atom is -0.508 e. The van der Waals surface area contributed by atoms with Gasteiger partial charge in [0.2, 0.25) is 0 Å². The molecule has 1 fully saturated rings. The number of ether oxygens (including phenoxy) is 2. The monoisotopic (exact) mass is 392 g/mol. The lowest BCUT2D eigenvalue weighted by Crippen LogP contribution is -2.41. The summed E-state index contributed by atoms with van der Waals surface area (Å²) < 4.78 is 10.6. The van der Waals surface area contributed by atoms with E-state index < -0.39 is 11.6 Å². The van der Waals surface area contributed by atoms with Crippen LogP contribution in [0.25, 0.3) is 0 Å². The van der Waals surface area contributed by atoms with Gasteiger partial charge in [0.15, 0.2) is 0 Å². The maximum absolute atomic E-state index is 12.4. The molecule has 156 valence electrons. The van der Waals surface area contributed by atoms with Crippen molar-refractivity contribution >= 4 is 17.7 Å². The zero-order valence-electron chi connectivity index (χ0n) is 17.7. The number of benzene rings is 1. The molecule has 1 amide bonds. The molecule has 0 radical (unpaired) electrons. The minimum absolute atomic E-state index is 0.0177. The third-order valence-electron chi connectivity index (χ3n) is 4.77. The van der Waals surface area contributed by atoms with Crippen LogP contribution in [-0.2, 0) is 9.47 Å². The number of amides is 1. The average molecular weight is 392 g/mol. The van der Waals surface area contributed by atoms with E-state index in [-0.39, 0.29) is 24.5 Å². The molecule has 1 aliphatic rings. The summed E-state index contributed by atoms with van der Waals surface area (Å²) in [5, 5.41) is 10.2. The summed E-state index contributed by atoms with van der Waals surface area (Å²) in [6, 6.07) is 3.18. The summed E-state index contributed by atoms with van der Waals surface area (Å²) >= 11 is 0. The van der Waals surface area contributed by atoms with Crippen molar-refractivity contribution in [1.29, 1.82) is 0 Å². The molecule has 0 saturated carbocycles. The van der Waals surface area contributed by atoms with Gasteiger partial charge in [0.1, 0.15) is 11.4 Å². The number of hydrogen-bond acceptors (Lipinski definition) is 6. The lowest BCUT2D eigenvalue weighted by atomic mass is 10.0. The maximum Gasteiger partial charge on any atom is 0.410 e. The van der Waals surface area contributed by atoms with E-state index in [1.54, 1.807) is 17.9 Å². The van der Waals surface area contributed by atoms with Crippen LogP contribution in [0.1, 0.15) is 57.0 Å². The number of phenolic OH excluding ortho intramolecular Hbond substituents is 1. The van der Waals surface area contributed by atoms with E-state index >= 15 is 0 Å². The number of likely N-dealkylation sites (N-methyl/N-ethyl adjacent to an activating group) is 1. The van der Waals surface area contributed by atoms with Crippen molar-refractivity contribution in [3.8, 4) is 5.75 Å². The van der Waals surface area contributed by atoms with Gasteiger partial charge >= 0.3 is 12.1 Å². The van der Waals surface area contributed by atoms with E-state index in [0.717, 1.165) is 17.7 Å². The van der Waals surface area contributed by atoms with Crippen LogP contribution < -0.4 is 4.90 Å². The van der Waals surface area contributed by atoms with Crippen LogP contribution in [0.15, 0.2) is 12.1 Å². The molecule has 1 heterocycles. The van der Waals surface area contributed by atoms with Crippen molar-refractivity contribution in [2.75, 3.05) is 31.1 Å². The van der Waals surface area contributed by atoms with Crippen LogP contribution in [0.5, 0.6) is 5.75 Å². The van der Waals surface area contributed by atoms with Gasteiger partial charge in [-0.25, -0.2) is 9.59 Å². The van der Waals surface area contributed by atoms with E-state index in [4.69, 9.17) is 9.47 Å². The second kappa shape index (κ2) is 8.71. The van der Waals surface area contributed by atoms with Crippen LogP contribution in [0.4, 0.5) is 10.5 Å². The minimum atomic E-state index is -0.532. The summed E-state index contributed by atoms with van der Waals surface area (Å²) in [5.74, 6) is -0.431. The molecule has 1 N–H and O–H groups in total. The predicted octanol–water partition coefficient (Wildman–Crippen LogP) is 3.71. The Kier molecular flexibility index (Phi) is 6.80. The maximum atomic E-state index is 12.4. The number of anilines is 1. The smallest absolute Gasteiger partial charge is 0.410 e. The quantitative estimate of drug-likeness (QED) is 0.770. The van der Waals surface area contributed by atoms with Gasteiger partial charge in [-0.2, -0.15) is 0 Å². The normalized spacial score (nSPS) is 16.8. The molecule has 1 aliphatic heterocycles. The zero-order chi connectivity index (χ0) is 21.1. The fraction of sp³-hybridized carbons (Fsp3) is 0.619. The second-order valence-corrected chi connectivity index (χ2v) is 8.01. The van der Waals surface area contributed by atoms with Gasteiger partial charge in [0.25, 0.3) is 0 Å². The third kappa shape index (κ3) is 5.09. The summed E-state index contributed by atoms with van der Waals surface area (Å²) in [6.45, 7) is 13.3. The zero-order valence-corrected chi connectivity index (χ0v) is 17.7. The highest BCUT2D eigenvalue weighted by Gasteiger charge is 2.33. The first-order chi connectivity index (χ1) is 13.1. The van der Waals surface area contributed by atoms with Crippen molar-refractivity contribution in [2.24, 2.45) is 0 Å². The highest BCUT2D eigenvalue weighted by Crippen LogP contribution is 2.32. The SMILES string of the molecule is CCOC(=O)c1cc(O)cc(N(CC)C2CCN(C(=O)OC(C)(C)C)C2)c1C. The van der Waals surface area contributed by atoms with E-state index in [2.05, 4.69) is 4.90 Å². The Hall–Kier alpha value is -2.44. The molecule has 1 unspecified atom stereocenters. The molecule has 1 saturated heterocycles. The molecule has 0 aliphatic carbocycles. The molecule has 1 atom stereocenters. The van der Waals surface area contributed by atoms with Gasteiger partial charge in [-0.15, -0.1) is 0 Å². The number of carbonyl (C=O) groups excluding carboxylic acids is 2. The molecule has 0 bridgehead atoms. The third-order valence-corrected chi connectivity index (χ3v) is 4.77. The molecule has 28 heavy (non-hydrogen) atoms. The first-order valence-electron chi connectivity index (χ1n) is 9.82. The van der Waals surface area contributed by atoms with Crippen LogP contribution in [0.2, 0.25) is 0 Å². The highest BCUT2D eigenvalue weighted by molar-refractivity contribution is 5.93. The molecule has 2 rings (SSSR count).